The third-order valence-corrected chi connectivity index (χ3v) is 4.16. The standard InChI is InChI=1S/C14H18N2OS/c1-10-13(9-15)18-14(16-10)8-7-11-5-3-4-6-12(11)17-2/h3-6H,7-9,15H2,1-2H3. The Morgan fingerprint density at radius 1 is 1.28 bits per heavy atom. The highest BCUT2D eigenvalue weighted by Gasteiger charge is 2.08. The monoisotopic (exact) mass is 262 g/mol. The van der Waals surface area contributed by atoms with E-state index in [0.29, 0.717) is 6.54 Å². The highest BCUT2D eigenvalue weighted by molar-refractivity contribution is 7.11. The van der Waals surface area contributed by atoms with Gasteiger partial charge in [-0.1, -0.05) is 18.2 Å². The molecule has 0 radical (unpaired) electrons. The Bertz CT molecular complexity index is 522. The van der Waals surface area contributed by atoms with Crippen molar-refractivity contribution in [2.75, 3.05) is 7.11 Å². The summed E-state index contributed by atoms with van der Waals surface area (Å²) in [5.41, 5.74) is 7.96. The molecule has 2 aromatic rings. The van der Waals surface area contributed by atoms with Gasteiger partial charge in [-0.25, -0.2) is 4.98 Å². The fourth-order valence-corrected chi connectivity index (χ4v) is 2.88. The lowest BCUT2D eigenvalue weighted by Gasteiger charge is -2.06. The van der Waals surface area contributed by atoms with E-state index in [2.05, 4.69) is 11.1 Å². The van der Waals surface area contributed by atoms with E-state index in [1.54, 1.807) is 18.4 Å². The normalized spacial score (nSPS) is 10.6. The number of hydrogen-bond acceptors (Lipinski definition) is 4. The average molecular weight is 262 g/mol. The van der Waals surface area contributed by atoms with E-state index in [1.807, 2.05) is 25.1 Å². The topological polar surface area (TPSA) is 48.1 Å². The quantitative estimate of drug-likeness (QED) is 0.901. The van der Waals surface area contributed by atoms with E-state index in [9.17, 15) is 0 Å². The van der Waals surface area contributed by atoms with E-state index in [-0.39, 0.29) is 0 Å². The molecule has 1 aromatic carbocycles. The molecule has 0 aliphatic carbocycles. The molecule has 0 bridgehead atoms. The van der Waals surface area contributed by atoms with Gasteiger partial charge in [0.2, 0.25) is 0 Å². The predicted molar refractivity (Wildman–Crippen MR) is 75.1 cm³/mol. The maximum absolute atomic E-state index is 5.67. The summed E-state index contributed by atoms with van der Waals surface area (Å²) in [6.45, 7) is 2.60. The Morgan fingerprint density at radius 3 is 2.72 bits per heavy atom. The molecule has 96 valence electrons. The first-order chi connectivity index (χ1) is 8.74. The molecule has 0 spiro atoms. The summed E-state index contributed by atoms with van der Waals surface area (Å²) in [6, 6.07) is 8.12. The number of benzene rings is 1. The number of thiazole rings is 1. The Balaban J connectivity index is 2.06. The fraction of sp³-hybridized carbons (Fsp3) is 0.357. The third kappa shape index (κ3) is 2.89. The van der Waals surface area contributed by atoms with Crippen LogP contribution in [0.2, 0.25) is 0 Å². The number of methoxy groups -OCH3 is 1. The number of ether oxygens (including phenoxy) is 1. The smallest absolute Gasteiger partial charge is 0.122 e. The van der Waals surface area contributed by atoms with Gasteiger partial charge >= 0.3 is 0 Å². The molecule has 2 rings (SSSR count). The lowest BCUT2D eigenvalue weighted by Crippen LogP contribution is -1.95. The third-order valence-electron chi connectivity index (χ3n) is 2.92. The van der Waals surface area contributed by atoms with E-state index in [0.717, 1.165) is 29.3 Å². The van der Waals surface area contributed by atoms with Gasteiger partial charge in [0.15, 0.2) is 0 Å². The number of hydrogen-bond donors (Lipinski definition) is 1. The SMILES string of the molecule is COc1ccccc1CCc1nc(C)c(CN)s1. The number of para-hydroxylation sites is 1. The van der Waals surface area contributed by atoms with Gasteiger partial charge in [-0.3, -0.25) is 0 Å². The molecule has 18 heavy (non-hydrogen) atoms. The van der Waals surface area contributed by atoms with Gasteiger partial charge in [0.05, 0.1) is 17.8 Å². The van der Waals surface area contributed by atoms with Crippen molar-refractivity contribution in [3.63, 3.8) is 0 Å². The van der Waals surface area contributed by atoms with Crippen LogP contribution in [-0.4, -0.2) is 12.1 Å². The van der Waals surface area contributed by atoms with Gasteiger partial charge in [-0.15, -0.1) is 11.3 Å². The largest absolute Gasteiger partial charge is 0.496 e. The number of rotatable bonds is 5. The molecule has 0 amide bonds. The molecule has 1 aromatic heterocycles. The number of nitrogens with zero attached hydrogens (tertiary/aromatic N) is 1. The maximum atomic E-state index is 5.67. The summed E-state index contributed by atoms with van der Waals surface area (Å²) in [5, 5.41) is 1.15. The summed E-state index contributed by atoms with van der Waals surface area (Å²) in [7, 11) is 1.71. The molecule has 1 heterocycles. The van der Waals surface area contributed by atoms with E-state index in [4.69, 9.17) is 10.5 Å². The second-order valence-corrected chi connectivity index (χ2v) is 5.30. The summed E-state index contributed by atoms with van der Waals surface area (Å²) < 4.78 is 5.35. The molecule has 0 saturated heterocycles. The minimum absolute atomic E-state index is 0.582. The van der Waals surface area contributed by atoms with Crippen LogP contribution in [0.1, 0.15) is 21.1 Å². The first kappa shape index (κ1) is 13.1. The first-order valence-electron chi connectivity index (χ1n) is 6.01. The second-order valence-electron chi connectivity index (χ2n) is 4.13. The number of aryl methyl sites for hydroxylation is 3. The average Bonchev–Trinajstić information content (AvgIpc) is 2.77. The molecule has 0 atom stereocenters. The van der Waals surface area contributed by atoms with Crippen LogP contribution in [0.25, 0.3) is 0 Å². The lowest BCUT2D eigenvalue weighted by molar-refractivity contribution is 0.409. The van der Waals surface area contributed by atoms with Crippen molar-refractivity contribution in [3.8, 4) is 5.75 Å². The number of nitrogens with two attached hydrogens (primary N) is 1. The van der Waals surface area contributed by atoms with Gasteiger partial charge < -0.3 is 10.5 Å². The summed E-state index contributed by atoms with van der Waals surface area (Å²) in [5.74, 6) is 0.949. The Morgan fingerprint density at radius 2 is 2.06 bits per heavy atom. The van der Waals surface area contributed by atoms with Crippen molar-refractivity contribution < 1.29 is 4.74 Å². The van der Waals surface area contributed by atoms with Crippen LogP contribution >= 0.6 is 11.3 Å². The van der Waals surface area contributed by atoms with Gasteiger partial charge in [0, 0.05) is 17.8 Å². The molecule has 0 unspecified atom stereocenters. The molecular formula is C14H18N2OS. The van der Waals surface area contributed by atoms with Crippen molar-refractivity contribution in [2.24, 2.45) is 5.73 Å². The molecule has 3 nitrogen and oxygen atoms in total. The van der Waals surface area contributed by atoms with Crippen LogP contribution in [0.4, 0.5) is 0 Å². The maximum Gasteiger partial charge on any atom is 0.122 e. The molecule has 0 saturated carbocycles. The van der Waals surface area contributed by atoms with E-state index in [1.165, 1.54) is 10.4 Å². The van der Waals surface area contributed by atoms with Crippen molar-refractivity contribution >= 4 is 11.3 Å². The zero-order valence-electron chi connectivity index (χ0n) is 10.8. The zero-order valence-corrected chi connectivity index (χ0v) is 11.6. The lowest BCUT2D eigenvalue weighted by atomic mass is 10.1. The molecule has 0 aliphatic heterocycles. The summed E-state index contributed by atoms with van der Waals surface area (Å²) in [6.07, 6.45) is 1.88. The molecule has 0 aliphatic rings. The number of aromatic nitrogens is 1. The molecule has 4 heteroatoms. The van der Waals surface area contributed by atoms with E-state index >= 15 is 0 Å². The molecular weight excluding hydrogens is 244 g/mol. The molecule has 2 N–H and O–H groups in total. The van der Waals surface area contributed by atoms with Crippen LogP contribution < -0.4 is 10.5 Å². The van der Waals surface area contributed by atoms with Gasteiger partial charge in [0.25, 0.3) is 0 Å². The van der Waals surface area contributed by atoms with Crippen molar-refractivity contribution in [1.82, 2.24) is 4.98 Å². The Kier molecular flexibility index (Phi) is 4.33. The van der Waals surface area contributed by atoms with Crippen LogP contribution in [0.15, 0.2) is 24.3 Å². The van der Waals surface area contributed by atoms with E-state index < -0.39 is 0 Å². The predicted octanol–water partition coefficient (Wildman–Crippen LogP) is 2.70. The van der Waals surface area contributed by atoms with Crippen molar-refractivity contribution in [3.05, 3.63) is 45.4 Å². The zero-order chi connectivity index (χ0) is 13.0. The highest BCUT2D eigenvalue weighted by atomic mass is 32.1. The van der Waals surface area contributed by atoms with Gasteiger partial charge in [-0.2, -0.15) is 0 Å². The minimum Gasteiger partial charge on any atom is -0.496 e. The first-order valence-corrected chi connectivity index (χ1v) is 6.83. The van der Waals surface area contributed by atoms with Gasteiger partial charge in [-0.05, 0) is 25.0 Å². The summed E-state index contributed by atoms with van der Waals surface area (Å²) in [4.78, 5) is 5.73. The van der Waals surface area contributed by atoms with Gasteiger partial charge in [0.1, 0.15) is 5.75 Å². The molecule has 0 fully saturated rings. The Labute approximate surface area is 112 Å². The van der Waals surface area contributed by atoms with Crippen molar-refractivity contribution in [1.29, 1.82) is 0 Å². The fourth-order valence-electron chi connectivity index (χ4n) is 1.94. The van der Waals surface area contributed by atoms with Crippen LogP contribution in [0.5, 0.6) is 5.75 Å². The Hall–Kier alpha value is -1.39. The van der Waals surface area contributed by atoms with Crippen LogP contribution in [0, 0.1) is 6.92 Å². The van der Waals surface area contributed by atoms with Crippen LogP contribution in [0.3, 0.4) is 0 Å². The summed E-state index contributed by atoms with van der Waals surface area (Å²) >= 11 is 1.72. The minimum atomic E-state index is 0.582. The second kappa shape index (κ2) is 5.98. The highest BCUT2D eigenvalue weighted by Crippen LogP contribution is 2.22. The van der Waals surface area contributed by atoms with Crippen molar-refractivity contribution in [2.45, 2.75) is 26.3 Å². The van der Waals surface area contributed by atoms with Crippen LogP contribution in [-0.2, 0) is 19.4 Å².